The third-order valence-electron chi connectivity index (χ3n) is 2.30. The van der Waals surface area contributed by atoms with Gasteiger partial charge in [0.15, 0.2) is 0 Å². The van der Waals surface area contributed by atoms with E-state index < -0.39 is 28.4 Å². The maximum atomic E-state index is 13.6. The standard InChI is InChI=1S/C11H12ClFN2O4/c1-19-6-7(5-12)14-11(16)9-3-2-8(15(17)18)4-10(9)13/h2-4,7H,5-6H2,1H3,(H,14,16). The molecule has 0 heterocycles. The summed E-state index contributed by atoms with van der Waals surface area (Å²) in [7, 11) is 1.44. The number of nitrogens with one attached hydrogen (secondary N) is 1. The van der Waals surface area contributed by atoms with Crippen molar-refractivity contribution in [1.29, 1.82) is 0 Å². The van der Waals surface area contributed by atoms with E-state index >= 15 is 0 Å². The summed E-state index contributed by atoms with van der Waals surface area (Å²) in [4.78, 5) is 21.5. The van der Waals surface area contributed by atoms with E-state index in [1.165, 1.54) is 7.11 Å². The van der Waals surface area contributed by atoms with Crippen LogP contribution in [0.5, 0.6) is 0 Å². The minimum atomic E-state index is -0.961. The van der Waals surface area contributed by atoms with Gasteiger partial charge in [-0.05, 0) is 6.07 Å². The second kappa shape index (κ2) is 7.01. The topological polar surface area (TPSA) is 81.5 Å². The number of nitro benzene ring substituents is 1. The third-order valence-corrected chi connectivity index (χ3v) is 2.67. The van der Waals surface area contributed by atoms with E-state index in [9.17, 15) is 19.3 Å². The fourth-order valence-electron chi connectivity index (χ4n) is 1.39. The predicted molar refractivity (Wildman–Crippen MR) is 66.9 cm³/mol. The third kappa shape index (κ3) is 4.15. The lowest BCUT2D eigenvalue weighted by Crippen LogP contribution is -2.39. The number of hydrogen-bond acceptors (Lipinski definition) is 4. The number of ether oxygens (including phenoxy) is 1. The summed E-state index contributed by atoms with van der Waals surface area (Å²) >= 11 is 5.61. The van der Waals surface area contributed by atoms with Crippen LogP contribution in [0.3, 0.4) is 0 Å². The number of rotatable bonds is 6. The Morgan fingerprint density at radius 1 is 1.63 bits per heavy atom. The molecule has 19 heavy (non-hydrogen) atoms. The molecule has 1 atom stereocenters. The van der Waals surface area contributed by atoms with Crippen molar-refractivity contribution in [2.45, 2.75) is 6.04 Å². The molecule has 0 bridgehead atoms. The Labute approximate surface area is 113 Å². The van der Waals surface area contributed by atoms with Gasteiger partial charge >= 0.3 is 0 Å². The summed E-state index contributed by atoms with van der Waals surface area (Å²) < 4.78 is 18.4. The molecule has 6 nitrogen and oxygen atoms in total. The number of non-ortho nitro benzene ring substituents is 1. The molecule has 1 unspecified atom stereocenters. The molecule has 1 N–H and O–H groups in total. The van der Waals surface area contributed by atoms with Crippen LogP contribution in [0.25, 0.3) is 0 Å². The van der Waals surface area contributed by atoms with Crippen LogP contribution < -0.4 is 5.32 Å². The van der Waals surface area contributed by atoms with E-state index in [4.69, 9.17) is 16.3 Å². The summed E-state index contributed by atoms with van der Waals surface area (Å²) in [5.74, 6) is -1.55. The second-order valence-corrected chi connectivity index (χ2v) is 4.01. The molecule has 0 aromatic heterocycles. The van der Waals surface area contributed by atoms with Gasteiger partial charge in [0.2, 0.25) is 0 Å². The molecule has 0 fully saturated rings. The first-order chi connectivity index (χ1) is 8.99. The molecule has 1 rings (SSSR count). The first-order valence-corrected chi connectivity index (χ1v) is 5.82. The minimum Gasteiger partial charge on any atom is -0.383 e. The van der Waals surface area contributed by atoms with Crippen LogP contribution in [0.2, 0.25) is 0 Å². The number of carbonyl (C=O) groups is 1. The highest BCUT2D eigenvalue weighted by Gasteiger charge is 2.18. The van der Waals surface area contributed by atoms with Gasteiger partial charge in [-0.1, -0.05) is 0 Å². The number of amides is 1. The van der Waals surface area contributed by atoms with Crippen molar-refractivity contribution in [2.75, 3.05) is 19.6 Å². The summed E-state index contributed by atoms with van der Waals surface area (Å²) in [5.41, 5.74) is -0.698. The van der Waals surface area contributed by atoms with Crippen LogP contribution in [-0.4, -0.2) is 36.5 Å². The average molecular weight is 291 g/mol. The average Bonchev–Trinajstić information content (AvgIpc) is 2.37. The van der Waals surface area contributed by atoms with Gasteiger partial charge in [-0.25, -0.2) is 4.39 Å². The molecule has 0 spiro atoms. The van der Waals surface area contributed by atoms with Gasteiger partial charge < -0.3 is 10.1 Å². The van der Waals surface area contributed by atoms with E-state index in [-0.39, 0.29) is 18.1 Å². The summed E-state index contributed by atoms with van der Waals surface area (Å²) in [6.07, 6.45) is 0. The quantitative estimate of drug-likeness (QED) is 0.491. The second-order valence-electron chi connectivity index (χ2n) is 3.70. The van der Waals surface area contributed by atoms with E-state index in [1.54, 1.807) is 0 Å². The SMILES string of the molecule is COCC(CCl)NC(=O)c1ccc([N+](=O)[O-])cc1F. The number of nitro groups is 1. The molecule has 0 radical (unpaired) electrons. The first-order valence-electron chi connectivity index (χ1n) is 5.29. The number of benzene rings is 1. The van der Waals surface area contributed by atoms with E-state index in [2.05, 4.69) is 5.32 Å². The smallest absolute Gasteiger partial charge is 0.272 e. The molecule has 8 heteroatoms. The number of methoxy groups -OCH3 is 1. The van der Waals surface area contributed by atoms with Gasteiger partial charge in [0.05, 0.1) is 29.2 Å². The van der Waals surface area contributed by atoms with Gasteiger partial charge in [0.1, 0.15) is 5.82 Å². The Bertz CT molecular complexity index is 484. The number of hydrogen-bond donors (Lipinski definition) is 1. The van der Waals surface area contributed by atoms with Crippen molar-refractivity contribution >= 4 is 23.2 Å². The van der Waals surface area contributed by atoms with Crippen molar-refractivity contribution in [3.05, 3.63) is 39.7 Å². The largest absolute Gasteiger partial charge is 0.383 e. The fourth-order valence-corrected chi connectivity index (χ4v) is 1.56. The maximum Gasteiger partial charge on any atom is 0.272 e. The summed E-state index contributed by atoms with van der Waals surface area (Å²) in [5, 5.41) is 12.9. The summed E-state index contributed by atoms with van der Waals surface area (Å²) in [6.45, 7) is 0.184. The Balaban J connectivity index is 2.85. The van der Waals surface area contributed by atoms with Crippen LogP contribution in [0, 0.1) is 15.9 Å². The zero-order valence-electron chi connectivity index (χ0n) is 10.1. The van der Waals surface area contributed by atoms with Gasteiger partial charge in [-0.3, -0.25) is 14.9 Å². The van der Waals surface area contributed by atoms with Crippen LogP contribution in [0.15, 0.2) is 18.2 Å². The van der Waals surface area contributed by atoms with Crippen LogP contribution in [-0.2, 0) is 4.74 Å². The maximum absolute atomic E-state index is 13.6. The molecule has 0 saturated heterocycles. The van der Waals surface area contributed by atoms with Gasteiger partial charge in [0.25, 0.3) is 11.6 Å². The lowest BCUT2D eigenvalue weighted by Gasteiger charge is -2.15. The van der Waals surface area contributed by atoms with Crippen LogP contribution in [0.1, 0.15) is 10.4 Å². The van der Waals surface area contributed by atoms with E-state index in [1.807, 2.05) is 0 Å². The predicted octanol–water partition coefficient (Wildman–Crippen LogP) is 1.72. The van der Waals surface area contributed by atoms with Crippen molar-refractivity contribution in [2.24, 2.45) is 0 Å². The number of carbonyl (C=O) groups excluding carboxylic acids is 1. The number of nitrogens with zero attached hydrogens (tertiary/aromatic N) is 1. The normalized spacial score (nSPS) is 11.9. The molecule has 0 aliphatic heterocycles. The monoisotopic (exact) mass is 290 g/mol. The lowest BCUT2D eigenvalue weighted by atomic mass is 10.1. The molecule has 1 aromatic carbocycles. The molecule has 0 aliphatic carbocycles. The van der Waals surface area contributed by atoms with Crippen LogP contribution >= 0.6 is 11.6 Å². The number of halogens is 2. The summed E-state index contributed by atoms with van der Waals surface area (Å²) in [6, 6.07) is 2.35. The number of alkyl halides is 1. The van der Waals surface area contributed by atoms with Crippen molar-refractivity contribution < 1.29 is 18.8 Å². The zero-order valence-corrected chi connectivity index (χ0v) is 10.8. The fraction of sp³-hybridized carbons (Fsp3) is 0.364. The molecule has 1 amide bonds. The Hall–Kier alpha value is -1.73. The van der Waals surface area contributed by atoms with Gasteiger partial charge in [-0.15, -0.1) is 11.6 Å². The Morgan fingerprint density at radius 2 is 2.32 bits per heavy atom. The molecule has 1 aromatic rings. The highest BCUT2D eigenvalue weighted by Crippen LogP contribution is 2.16. The van der Waals surface area contributed by atoms with Gasteiger partial charge in [0, 0.05) is 19.1 Å². The molecular weight excluding hydrogens is 279 g/mol. The molecular formula is C11H12ClFN2O4. The van der Waals surface area contributed by atoms with Crippen molar-refractivity contribution in [3.8, 4) is 0 Å². The first kappa shape index (κ1) is 15.3. The highest BCUT2D eigenvalue weighted by atomic mass is 35.5. The molecule has 0 saturated carbocycles. The van der Waals surface area contributed by atoms with E-state index in [0.717, 1.165) is 12.1 Å². The molecule has 0 aliphatic rings. The van der Waals surface area contributed by atoms with Crippen molar-refractivity contribution in [3.63, 3.8) is 0 Å². The minimum absolute atomic E-state index is 0.105. The van der Waals surface area contributed by atoms with Gasteiger partial charge in [-0.2, -0.15) is 0 Å². The van der Waals surface area contributed by atoms with E-state index in [0.29, 0.717) is 6.07 Å². The van der Waals surface area contributed by atoms with Crippen molar-refractivity contribution in [1.82, 2.24) is 5.32 Å². The van der Waals surface area contributed by atoms with Crippen LogP contribution in [0.4, 0.5) is 10.1 Å². The zero-order chi connectivity index (χ0) is 14.4. The highest BCUT2D eigenvalue weighted by molar-refractivity contribution is 6.18. The Kier molecular flexibility index (Phi) is 5.65. The lowest BCUT2D eigenvalue weighted by molar-refractivity contribution is -0.385. The molecule has 104 valence electrons. The Morgan fingerprint density at radius 3 is 2.79 bits per heavy atom.